The zero-order chi connectivity index (χ0) is 21.6. The second kappa shape index (κ2) is 9.74. The van der Waals surface area contributed by atoms with Gasteiger partial charge in [-0.05, 0) is 24.3 Å². The fourth-order valence-electron chi connectivity index (χ4n) is 3.22. The van der Waals surface area contributed by atoms with E-state index in [1.165, 1.54) is 11.8 Å². The monoisotopic (exact) mass is 440 g/mol. The van der Waals surface area contributed by atoms with Crippen molar-refractivity contribution < 1.29 is 19.0 Å². The Morgan fingerprint density at radius 1 is 1.16 bits per heavy atom. The van der Waals surface area contributed by atoms with Crippen molar-refractivity contribution in [2.24, 2.45) is 7.05 Å². The van der Waals surface area contributed by atoms with Gasteiger partial charge in [-0.2, -0.15) is 0 Å². The molecule has 0 saturated heterocycles. The van der Waals surface area contributed by atoms with Crippen LogP contribution in [0.15, 0.2) is 47.6 Å². The van der Waals surface area contributed by atoms with Crippen LogP contribution in [-0.4, -0.2) is 46.7 Å². The molecule has 1 aliphatic heterocycles. The number of benzene rings is 2. The molecule has 4 rings (SSSR count). The summed E-state index contributed by atoms with van der Waals surface area (Å²) in [4.78, 5) is 12.3. The van der Waals surface area contributed by atoms with Crippen LogP contribution in [0, 0.1) is 0 Å². The summed E-state index contributed by atoms with van der Waals surface area (Å²) >= 11 is 1.34. The van der Waals surface area contributed by atoms with Gasteiger partial charge in [0.25, 0.3) is 0 Å². The standard InChI is InChI=1S/C22H24N4O4S/c1-26-21(15-8-9-18-19(12-15)30-11-5-10-29-18)24-25-22(26)31-14-20(27)23-13-16-6-3-4-7-17(16)28-2/h3-4,6-9,12H,5,10-11,13-14H2,1-2H3,(H,23,27). The number of rotatable bonds is 7. The first-order valence-corrected chi connectivity index (χ1v) is 10.9. The third-order valence-electron chi connectivity index (χ3n) is 4.84. The van der Waals surface area contributed by atoms with Gasteiger partial charge in [0.2, 0.25) is 5.91 Å². The molecule has 0 radical (unpaired) electrons. The summed E-state index contributed by atoms with van der Waals surface area (Å²) in [7, 11) is 3.50. The Morgan fingerprint density at radius 2 is 1.97 bits per heavy atom. The molecule has 8 nitrogen and oxygen atoms in total. The lowest BCUT2D eigenvalue weighted by Crippen LogP contribution is -2.25. The third kappa shape index (κ3) is 4.93. The molecular formula is C22H24N4O4S. The van der Waals surface area contributed by atoms with Crippen LogP contribution in [0.2, 0.25) is 0 Å². The molecule has 0 spiro atoms. The lowest BCUT2D eigenvalue weighted by atomic mass is 10.2. The maximum absolute atomic E-state index is 12.3. The van der Waals surface area contributed by atoms with E-state index in [1.54, 1.807) is 7.11 Å². The Labute approximate surface area is 184 Å². The van der Waals surface area contributed by atoms with Gasteiger partial charge in [-0.15, -0.1) is 10.2 Å². The number of hydrogen-bond donors (Lipinski definition) is 1. The first-order valence-electron chi connectivity index (χ1n) is 9.96. The average molecular weight is 441 g/mol. The molecule has 2 heterocycles. The molecule has 0 saturated carbocycles. The van der Waals surface area contributed by atoms with Gasteiger partial charge in [0, 0.05) is 31.1 Å². The van der Waals surface area contributed by atoms with Crippen molar-refractivity contribution >= 4 is 17.7 Å². The van der Waals surface area contributed by atoms with Crippen LogP contribution < -0.4 is 19.5 Å². The van der Waals surface area contributed by atoms with E-state index in [9.17, 15) is 4.79 Å². The number of nitrogens with one attached hydrogen (secondary N) is 1. The molecular weight excluding hydrogens is 416 g/mol. The number of hydrogen-bond acceptors (Lipinski definition) is 7. The minimum Gasteiger partial charge on any atom is -0.496 e. The summed E-state index contributed by atoms with van der Waals surface area (Å²) in [5, 5.41) is 12.1. The normalized spacial score (nSPS) is 12.8. The second-order valence-corrected chi connectivity index (χ2v) is 7.90. The molecule has 0 atom stereocenters. The summed E-state index contributed by atoms with van der Waals surface area (Å²) in [5.41, 5.74) is 1.81. The number of carbonyl (C=O) groups is 1. The summed E-state index contributed by atoms with van der Waals surface area (Å²) in [6.07, 6.45) is 0.855. The van der Waals surface area contributed by atoms with Crippen molar-refractivity contribution in [3.05, 3.63) is 48.0 Å². The minimum absolute atomic E-state index is 0.0870. The van der Waals surface area contributed by atoms with Crippen LogP contribution in [-0.2, 0) is 18.4 Å². The quantitative estimate of drug-likeness (QED) is 0.565. The van der Waals surface area contributed by atoms with Gasteiger partial charge in [0.05, 0.1) is 26.1 Å². The average Bonchev–Trinajstić information content (AvgIpc) is 3.01. The second-order valence-electron chi connectivity index (χ2n) is 6.95. The van der Waals surface area contributed by atoms with Gasteiger partial charge in [-0.1, -0.05) is 30.0 Å². The number of ether oxygens (including phenoxy) is 3. The summed E-state index contributed by atoms with van der Waals surface area (Å²) in [6.45, 7) is 1.68. The Kier molecular flexibility index (Phi) is 6.61. The van der Waals surface area contributed by atoms with Gasteiger partial charge in [-0.3, -0.25) is 4.79 Å². The molecule has 0 bridgehead atoms. The van der Waals surface area contributed by atoms with E-state index in [2.05, 4.69) is 15.5 Å². The number of thioether (sulfide) groups is 1. The fourth-order valence-corrected chi connectivity index (χ4v) is 3.96. The molecule has 2 aromatic carbocycles. The molecule has 0 aliphatic carbocycles. The predicted molar refractivity (Wildman–Crippen MR) is 118 cm³/mol. The predicted octanol–water partition coefficient (Wildman–Crippen LogP) is 3.06. The SMILES string of the molecule is COc1ccccc1CNC(=O)CSc1nnc(-c2ccc3c(c2)OCCCO3)n1C. The number of aromatic nitrogens is 3. The van der Waals surface area contributed by atoms with E-state index in [0.29, 0.717) is 36.5 Å². The van der Waals surface area contributed by atoms with Gasteiger partial charge in [-0.25, -0.2) is 0 Å². The Bertz CT molecular complexity index is 1070. The summed E-state index contributed by atoms with van der Waals surface area (Å²) in [6, 6.07) is 13.4. The number of amides is 1. The van der Waals surface area contributed by atoms with E-state index in [0.717, 1.165) is 29.0 Å². The van der Waals surface area contributed by atoms with Crippen molar-refractivity contribution in [2.45, 2.75) is 18.1 Å². The molecule has 1 N–H and O–H groups in total. The first-order chi connectivity index (χ1) is 15.2. The van der Waals surface area contributed by atoms with E-state index in [4.69, 9.17) is 14.2 Å². The molecule has 9 heteroatoms. The molecule has 1 amide bonds. The zero-order valence-electron chi connectivity index (χ0n) is 17.5. The lowest BCUT2D eigenvalue weighted by Gasteiger charge is -2.10. The molecule has 3 aromatic rings. The van der Waals surface area contributed by atoms with Gasteiger partial charge < -0.3 is 24.1 Å². The van der Waals surface area contributed by atoms with Crippen molar-refractivity contribution in [1.29, 1.82) is 0 Å². The van der Waals surface area contributed by atoms with Gasteiger partial charge in [0.1, 0.15) is 5.75 Å². The Balaban J connectivity index is 1.37. The largest absolute Gasteiger partial charge is 0.496 e. The molecule has 1 aromatic heterocycles. The highest BCUT2D eigenvalue weighted by Crippen LogP contribution is 2.34. The maximum Gasteiger partial charge on any atom is 0.230 e. The van der Waals surface area contributed by atoms with E-state index >= 15 is 0 Å². The van der Waals surface area contributed by atoms with Crippen LogP contribution in [0.5, 0.6) is 17.2 Å². The number of fused-ring (bicyclic) bond motifs is 1. The third-order valence-corrected chi connectivity index (χ3v) is 5.86. The number of carbonyl (C=O) groups excluding carboxylic acids is 1. The van der Waals surface area contributed by atoms with Crippen molar-refractivity contribution in [3.8, 4) is 28.6 Å². The first kappa shape index (κ1) is 21.0. The van der Waals surface area contributed by atoms with Crippen LogP contribution >= 0.6 is 11.8 Å². The van der Waals surface area contributed by atoms with Crippen molar-refractivity contribution in [2.75, 3.05) is 26.1 Å². The van der Waals surface area contributed by atoms with Gasteiger partial charge >= 0.3 is 0 Å². The number of methoxy groups -OCH3 is 1. The van der Waals surface area contributed by atoms with E-state index in [1.807, 2.05) is 54.1 Å². The van der Waals surface area contributed by atoms with E-state index in [-0.39, 0.29) is 11.7 Å². The van der Waals surface area contributed by atoms with Crippen LogP contribution in [0.25, 0.3) is 11.4 Å². The molecule has 1 aliphatic rings. The lowest BCUT2D eigenvalue weighted by molar-refractivity contribution is -0.118. The fraction of sp³-hybridized carbons (Fsp3) is 0.318. The minimum atomic E-state index is -0.0870. The highest BCUT2D eigenvalue weighted by Gasteiger charge is 2.17. The van der Waals surface area contributed by atoms with Crippen molar-refractivity contribution in [3.63, 3.8) is 0 Å². The number of para-hydroxylation sites is 1. The topological polar surface area (TPSA) is 87.5 Å². The Morgan fingerprint density at radius 3 is 2.81 bits per heavy atom. The van der Waals surface area contributed by atoms with Crippen LogP contribution in [0.4, 0.5) is 0 Å². The molecule has 31 heavy (non-hydrogen) atoms. The molecule has 0 fully saturated rings. The Hall–Kier alpha value is -3.20. The molecule has 162 valence electrons. The number of nitrogens with zero attached hydrogens (tertiary/aromatic N) is 3. The smallest absolute Gasteiger partial charge is 0.230 e. The zero-order valence-corrected chi connectivity index (χ0v) is 18.3. The highest BCUT2D eigenvalue weighted by molar-refractivity contribution is 7.99. The maximum atomic E-state index is 12.3. The van der Waals surface area contributed by atoms with Crippen LogP contribution in [0.1, 0.15) is 12.0 Å². The highest BCUT2D eigenvalue weighted by atomic mass is 32.2. The summed E-state index contributed by atoms with van der Waals surface area (Å²) in [5.74, 6) is 3.06. The van der Waals surface area contributed by atoms with Gasteiger partial charge in [0.15, 0.2) is 22.5 Å². The van der Waals surface area contributed by atoms with Crippen LogP contribution in [0.3, 0.4) is 0 Å². The van der Waals surface area contributed by atoms with Crippen molar-refractivity contribution in [1.82, 2.24) is 20.1 Å². The summed E-state index contributed by atoms with van der Waals surface area (Å²) < 4.78 is 18.6. The molecule has 0 unspecified atom stereocenters. The van der Waals surface area contributed by atoms with E-state index < -0.39 is 0 Å².